The molecule has 0 N–H and O–H groups in total. The Kier molecular flexibility index (Phi) is 30.6. The molecule has 10 aromatic rings. The van der Waals surface area contributed by atoms with Crippen LogP contribution in [0.25, 0.3) is 44.5 Å². The topological polar surface area (TPSA) is 117 Å². The molecule has 0 aliphatic heterocycles. The fourth-order valence-corrected chi connectivity index (χ4v) is 16.3. The van der Waals surface area contributed by atoms with E-state index in [9.17, 15) is 0 Å². The van der Waals surface area contributed by atoms with Gasteiger partial charge in [-0.25, -0.2) is 0 Å². The Morgan fingerprint density at radius 3 is 0.718 bits per heavy atom. The van der Waals surface area contributed by atoms with Crippen LogP contribution in [-0.2, 0) is 73.1 Å². The summed E-state index contributed by atoms with van der Waals surface area (Å²) >= 11 is 0. The van der Waals surface area contributed by atoms with Crippen molar-refractivity contribution in [3.05, 3.63) is 274 Å². The lowest BCUT2D eigenvalue weighted by molar-refractivity contribution is -0.288. The molecule has 2 aliphatic rings. The number of alkyl halides is 6. The van der Waals surface area contributed by atoms with Crippen molar-refractivity contribution >= 4 is 34.1 Å². The average Bonchev–Trinajstić information content (AvgIpc) is 1.52. The number of hydrogen-bond acceptors (Lipinski definition) is 14. The van der Waals surface area contributed by atoms with Gasteiger partial charge in [-0.05, 0) is 216 Å². The number of halogens is 6. The number of benzene rings is 10. The van der Waals surface area contributed by atoms with E-state index in [-0.39, 0.29) is 0 Å². The van der Waals surface area contributed by atoms with E-state index in [0.29, 0.717) is 192 Å². The Balaban J connectivity index is 0.925. The highest BCUT2D eigenvalue weighted by atomic mass is 19.4. The Bertz CT molecular complexity index is 4480. The van der Waals surface area contributed by atoms with Gasteiger partial charge in [0.05, 0.1) is 106 Å². The van der Waals surface area contributed by atoms with Crippen LogP contribution >= 0.6 is 0 Å². The molecule has 0 bridgehead atoms. The SMILES string of the molecule is COCCOCCOCCC1(CCOCCOCCOC)c2cc(C)ccc2-c2ccc(-c3ccc(N(c4ccc(-c5ccc6c(c5)C(CCOCCOCCOC)(CCOCCOCCOC)c5cc(C)ccc5-6)cc4)c4ccc(C(c5ccc(N(c6ccc(C)cc6)c6ccc(C)cc6)cc5)(C(F)(F)F)C(F)(F)F)cc4)cc3)cc21. The van der Waals surface area contributed by atoms with Crippen molar-refractivity contribution in [3.63, 3.8) is 0 Å². The van der Waals surface area contributed by atoms with Crippen molar-refractivity contribution in [3.8, 4) is 44.5 Å². The van der Waals surface area contributed by atoms with E-state index in [1.54, 1.807) is 33.3 Å². The third-order valence-corrected chi connectivity index (χ3v) is 22.4. The van der Waals surface area contributed by atoms with Crippen molar-refractivity contribution in [2.75, 3.05) is 170 Å². The first-order valence-corrected chi connectivity index (χ1v) is 40.2. The molecule has 0 heterocycles. The summed E-state index contributed by atoms with van der Waals surface area (Å²) in [7, 11) is 6.55. The minimum atomic E-state index is -5.87. The summed E-state index contributed by atoms with van der Waals surface area (Å²) in [6.45, 7) is 16.9. The number of anilines is 6. The van der Waals surface area contributed by atoms with Gasteiger partial charge in [0, 0.05) is 99.8 Å². The first-order chi connectivity index (χ1) is 56.8. The molecule has 2 aliphatic carbocycles. The highest BCUT2D eigenvalue weighted by Crippen LogP contribution is 2.59. The van der Waals surface area contributed by atoms with Crippen LogP contribution in [0.1, 0.15) is 81.3 Å². The Labute approximate surface area is 684 Å². The van der Waals surface area contributed by atoms with Crippen LogP contribution in [-0.4, -0.2) is 173 Å². The minimum Gasteiger partial charge on any atom is -0.382 e. The van der Waals surface area contributed by atoms with Gasteiger partial charge in [0.25, 0.3) is 0 Å². The third kappa shape index (κ3) is 20.3. The molecule has 117 heavy (non-hydrogen) atoms. The molecule has 10 aromatic carbocycles. The molecule has 20 heteroatoms. The van der Waals surface area contributed by atoms with Gasteiger partial charge in [0.1, 0.15) is 0 Å². The van der Waals surface area contributed by atoms with Gasteiger partial charge in [-0.3, -0.25) is 0 Å². The molecule has 620 valence electrons. The molecule has 14 nitrogen and oxygen atoms in total. The summed E-state index contributed by atoms with van der Waals surface area (Å²) in [4.78, 5) is 3.66. The Hall–Kier alpha value is -9.10. The number of ether oxygens (including phenoxy) is 12. The molecule has 0 saturated carbocycles. The molecule has 0 radical (unpaired) electrons. The minimum absolute atomic E-state index is 0.311. The van der Waals surface area contributed by atoms with Gasteiger partial charge in [-0.2, -0.15) is 26.3 Å². The smallest absolute Gasteiger partial charge is 0.382 e. The highest BCUT2D eigenvalue weighted by molar-refractivity contribution is 5.88. The molecule has 0 spiro atoms. The summed E-state index contributed by atoms with van der Waals surface area (Å²) in [5.41, 5.74) is 12.6. The van der Waals surface area contributed by atoms with Crippen LogP contribution in [0.15, 0.2) is 218 Å². The van der Waals surface area contributed by atoms with Crippen LogP contribution in [0.3, 0.4) is 0 Å². The molecule has 0 fully saturated rings. The summed E-state index contributed by atoms with van der Waals surface area (Å²) in [5.74, 6) is 0. The van der Waals surface area contributed by atoms with Crippen LogP contribution in [0.5, 0.6) is 0 Å². The first-order valence-electron chi connectivity index (χ1n) is 40.2. The van der Waals surface area contributed by atoms with Crippen LogP contribution in [0.2, 0.25) is 0 Å². The summed E-state index contributed by atoms with van der Waals surface area (Å²) in [6.07, 6.45) is -9.16. The molecule has 0 aromatic heterocycles. The Morgan fingerprint density at radius 1 is 0.239 bits per heavy atom. The van der Waals surface area contributed by atoms with Gasteiger partial charge < -0.3 is 66.6 Å². The fourth-order valence-electron chi connectivity index (χ4n) is 16.3. The van der Waals surface area contributed by atoms with Gasteiger partial charge in [0.2, 0.25) is 5.41 Å². The lowest BCUT2D eigenvalue weighted by atomic mass is 9.72. The van der Waals surface area contributed by atoms with Crippen LogP contribution < -0.4 is 9.80 Å². The number of rotatable bonds is 46. The van der Waals surface area contributed by atoms with Crippen molar-refractivity contribution in [1.29, 1.82) is 0 Å². The van der Waals surface area contributed by atoms with E-state index in [1.165, 1.54) is 35.4 Å². The van der Waals surface area contributed by atoms with E-state index >= 15 is 26.3 Å². The molecule has 0 amide bonds. The third-order valence-electron chi connectivity index (χ3n) is 22.4. The van der Waals surface area contributed by atoms with Gasteiger partial charge >= 0.3 is 12.4 Å². The van der Waals surface area contributed by atoms with Crippen LogP contribution in [0, 0.1) is 27.7 Å². The maximum absolute atomic E-state index is 16.4. The van der Waals surface area contributed by atoms with Crippen LogP contribution in [0.4, 0.5) is 60.5 Å². The number of hydrogen-bond donors (Lipinski definition) is 0. The fraction of sp³-hybridized carbons (Fsp3) is 0.381. The van der Waals surface area contributed by atoms with E-state index in [4.69, 9.17) is 56.8 Å². The van der Waals surface area contributed by atoms with Crippen molar-refractivity contribution < 1.29 is 83.2 Å². The lowest BCUT2D eigenvalue weighted by Gasteiger charge is -2.39. The van der Waals surface area contributed by atoms with E-state index in [2.05, 4.69) is 86.6 Å². The maximum Gasteiger partial charge on any atom is 0.411 e. The number of fused-ring (bicyclic) bond motifs is 6. The second kappa shape index (κ2) is 41.0. The number of nitrogens with zero attached hydrogens (tertiary/aromatic N) is 2. The van der Waals surface area contributed by atoms with Crippen molar-refractivity contribution in [2.24, 2.45) is 0 Å². The molecular formula is C97H108F6N2O12. The van der Waals surface area contributed by atoms with E-state index in [1.807, 2.05) is 116 Å². The molecule has 0 atom stereocenters. The second-order valence-corrected chi connectivity index (χ2v) is 29.9. The quantitative estimate of drug-likeness (QED) is 0.0266. The average molecular weight is 1610 g/mol. The van der Waals surface area contributed by atoms with Crippen molar-refractivity contribution in [2.45, 2.75) is 82.0 Å². The van der Waals surface area contributed by atoms with Gasteiger partial charge in [-0.15, -0.1) is 0 Å². The number of aryl methyl sites for hydroxylation is 4. The highest BCUT2D eigenvalue weighted by Gasteiger charge is 2.72. The molecule has 0 unspecified atom stereocenters. The first kappa shape index (κ1) is 87.2. The summed E-state index contributed by atoms with van der Waals surface area (Å²) in [6, 6.07) is 66.3. The van der Waals surface area contributed by atoms with Gasteiger partial charge in [-0.1, -0.05) is 156 Å². The molecule has 0 saturated heterocycles. The zero-order chi connectivity index (χ0) is 82.4. The molecular weight excluding hydrogens is 1500 g/mol. The molecule has 12 rings (SSSR count). The number of methoxy groups -OCH3 is 4. The lowest BCUT2D eigenvalue weighted by Crippen LogP contribution is -2.54. The largest absolute Gasteiger partial charge is 0.411 e. The maximum atomic E-state index is 16.4. The zero-order valence-corrected chi connectivity index (χ0v) is 68.3. The second-order valence-electron chi connectivity index (χ2n) is 29.9. The van der Waals surface area contributed by atoms with E-state index in [0.717, 1.165) is 102 Å². The predicted octanol–water partition coefficient (Wildman–Crippen LogP) is 21.4. The Morgan fingerprint density at radius 2 is 0.453 bits per heavy atom. The predicted molar refractivity (Wildman–Crippen MR) is 450 cm³/mol. The summed E-state index contributed by atoms with van der Waals surface area (Å²) in [5, 5.41) is 0. The van der Waals surface area contributed by atoms with Crippen molar-refractivity contribution in [1.82, 2.24) is 0 Å². The monoisotopic (exact) mass is 1610 g/mol. The zero-order valence-electron chi connectivity index (χ0n) is 68.3. The normalized spacial score (nSPS) is 13.4. The van der Waals surface area contributed by atoms with Gasteiger partial charge in [0.15, 0.2) is 0 Å². The van der Waals surface area contributed by atoms with E-state index < -0.39 is 39.7 Å². The standard InChI is InChI=1S/C97H108F6N2O12/c1-69-9-25-79(26-10-69)104(80-27-11-70(2)12-28-80)83-33-21-77(22-34-83)95(96(98,99)100,97(101,102)103)78-23-35-84(36-24-78)105(81-29-15-73(16-30-81)75-19-39-87-85-37-13-71(3)65-89(85)93(91(87)67-75,41-45-110-57-61-114-53-49-106-5)42-46-111-58-62-115-54-50-107-6)82-31-17-74(18-32-82)76-20-40-88-86-38-14-72(4)66-90(86)94(92(88)68-76,43-47-112-59-63-116-55-51-108-7)44-48-113-60-64-117-56-52-109-8/h9-40,65-68H,41-64H2,1-8H3. The summed E-state index contributed by atoms with van der Waals surface area (Å²) < 4.78 is 167.